The summed E-state index contributed by atoms with van der Waals surface area (Å²) >= 11 is 0. The van der Waals surface area contributed by atoms with Crippen LogP contribution < -0.4 is 11.2 Å². The SMILES string of the molecule is CCCc1c(C(=O)NN=C(C)c2ccc(-c3ccccc3)cc2)nnn1-c1nonc1N. The number of hydrogen-bond donors (Lipinski definition) is 2. The van der Waals surface area contributed by atoms with Gasteiger partial charge < -0.3 is 5.73 Å². The number of hydrogen-bond acceptors (Lipinski definition) is 8. The molecule has 0 atom stereocenters. The van der Waals surface area contributed by atoms with Gasteiger partial charge in [-0.15, -0.1) is 5.10 Å². The second-order valence-electron chi connectivity index (χ2n) is 7.10. The number of amides is 1. The van der Waals surface area contributed by atoms with Crippen LogP contribution in [0.15, 0.2) is 64.3 Å². The first-order valence-corrected chi connectivity index (χ1v) is 10.1. The van der Waals surface area contributed by atoms with Gasteiger partial charge in [0.15, 0.2) is 5.69 Å². The molecule has 0 unspecified atom stereocenters. The highest BCUT2D eigenvalue weighted by atomic mass is 16.6. The number of hydrazone groups is 1. The molecule has 4 rings (SSSR count). The van der Waals surface area contributed by atoms with E-state index in [1.165, 1.54) is 4.68 Å². The van der Waals surface area contributed by atoms with Crippen LogP contribution in [0.4, 0.5) is 5.82 Å². The van der Waals surface area contributed by atoms with Gasteiger partial charge in [0.2, 0.25) is 11.6 Å². The molecule has 4 aromatic rings. The Kier molecular flexibility index (Phi) is 6.02. The normalized spacial score (nSPS) is 11.5. The van der Waals surface area contributed by atoms with Crippen molar-refractivity contribution in [3.8, 4) is 16.9 Å². The number of nitrogens with one attached hydrogen (secondary N) is 1. The van der Waals surface area contributed by atoms with Crippen LogP contribution in [-0.4, -0.2) is 36.9 Å². The van der Waals surface area contributed by atoms with Gasteiger partial charge in [-0.1, -0.05) is 73.2 Å². The number of nitrogens with zero attached hydrogens (tertiary/aromatic N) is 6. The number of benzene rings is 2. The van der Waals surface area contributed by atoms with E-state index in [1.54, 1.807) is 0 Å². The quantitative estimate of drug-likeness (QED) is 0.339. The predicted octanol–water partition coefficient (Wildman–Crippen LogP) is 3.01. The van der Waals surface area contributed by atoms with Gasteiger partial charge in [0, 0.05) is 0 Å². The molecule has 2 aromatic heterocycles. The number of rotatable bonds is 7. The van der Waals surface area contributed by atoms with Gasteiger partial charge in [-0.3, -0.25) is 4.79 Å². The minimum absolute atomic E-state index is 0.0621. The maximum Gasteiger partial charge on any atom is 0.293 e. The fraction of sp³-hybridized carbons (Fsp3) is 0.182. The van der Waals surface area contributed by atoms with Crippen molar-refractivity contribution in [2.45, 2.75) is 26.7 Å². The third-order valence-corrected chi connectivity index (χ3v) is 4.90. The number of carbonyl (C=O) groups excluding carboxylic acids is 1. The zero-order chi connectivity index (χ0) is 22.5. The highest BCUT2D eigenvalue weighted by Crippen LogP contribution is 2.20. The lowest BCUT2D eigenvalue weighted by Crippen LogP contribution is -2.21. The van der Waals surface area contributed by atoms with Crippen molar-refractivity contribution in [2.24, 2.45) is 5.10 Å². The largest absolute Gasteiger partial charge is 0.378 e. The molecule has 32 heavy (non-hydrogen) atoms. The molecule has 2 heterocycles. The van der Waals surface area contributed by atoms with Crippen LogP contribution >= 0.6 is 0 Å². The molecule has 0 radical (unpaired) electrons. The third-order valence-electron chi connectivity index (χ3n) is 4.90. The van der Waals surface area contributed by atoms with Crippen molar-refractivity contribution in [2.75, 3.05) is 5.73 Å². The summed E-state index contributed by atoms with van der Waals surface area (Å²) < 4.78 is 6.00. The molecule has 0 saturated carbocycles. The van der Waals surface area contributed by atoms with E-state index in [-0.39, 0.29) is 17.3 Å². The Balaban J connectivity index is 1.52. The van der Waals surface area contributed by atoms with Crippen LogP contribution in [0.25, 0.3) is 16.9 Å². The van der Waals surface area contributed by atoms with Crippen LogP contribution in [0.2, 0.25) is 0 Å². The van der Waals surface area contributed by atoms with E-state index in [0.29, 0.717) is 17.8 Å². The number of nitrogen functional groups attached to an aromatic ring is 1. The summed E-state index contributed by atoms with van der Waals surface area (Å²) in [6.07, 6.45) is 1.29. The first-order chi connectivity index (χ1) is 15.6. The number of carbonyl (C=O) groups is 1. The summed E-state index contributed by atoms with van der Waals surface area (Å²) in [5, 5.41) is 19.5. The van der Waals surface area contributed by atoms with Gasteiger partial charge >= 0.3 is 0 Å². The van der Waals surface area contributed by atoms with Crippen LogP contribution in [0.1, 0.15) is 42.0 Å². The number of anilines is 1. The molecule has 0 saturated heterocycles. The molecule has 0 aliphatic rings. The summed E-state index contributed by atoms with van der Waals surface area (Å²) in [5.41, 5.74) is 12.8. The predicted molar refractivity (Wildman–Crippen MR) is 119 cm³/mol. The number of aromatic nitrogens is 5. The Morgan fingerprint density at radius 3 is 2.47 bits per heavy atom. The standard InChI is InChI=1S/C22H22N8O2/c1-3-7-18-19(25-29-30(18)21-20(23)27-32-28-21)22(31)26-24-14(2)15-10-12-17(13-11-15)16-8-5-4-6-9-16/h4-6,8-13H,3,7H2,1-2H3,(H2,23,27)(H,26,31). The maximum atomic E-state index is 12.8. The molecule has 10 nitrogen and oxygen atoms in total. The van der Waals surface area contributed by atoms with E-state index in [4.69, 9.17) is 5.73 Å². The van der Waals surface area contributed by atoms with Gasteiger partial charge in [-0.05, 0) is 40.3 Å². The lowest BCUT2D eigenvalue weighted by Gasteiger charge is -2.06. The smallest absolute Gasteiger partial charge is 0.293 e. The second kappa shape index (κ2) is 9.21. The molecule has 162 valence electrons. The van der Waals surface area contributed by atoms with Crippen molar-refractivity contribution >= 4 is 17.4 Å². The average Bonchev–Trinajstić information content (AvgIpc) is 3.44. The van der Waals surface area contributed by atoms with Gasteiger partial charge in [-0.25, -0.2) is 10.1 Å². The molecule has 0 aliphatic carbocycles. The molecule has 1 amide bonds. The fourth-order valence-electron chi connectivity index (χ4n) is 3.23. The van der Waals surface area contributed by atoms with E-state index < -0.39 is 5.91 Å². The Morgan fingerprint density at radius 1 is 1.09 bits per heavy atom. The monoisotopic (exact) mass is 430 g/mol. The highest BCUT2D eigenvalue weighted by Gasteiger charge is 2.23. The molecule has 0 aliphatic heterocycles. The Bertz CT molecular complexity index is 1240. The van der Waals surface area contributed by atoms with Crippen molar-refractivity contribution in [3.63, 3.8) is 0 Å². The van der Waals surface area contributed by atoms with Gasteiger partial charge in [0.05, 0.1) is 11.4 Å². The molecule has 10 heteroatoms. The van der Waals surface area contributed by atoms with E-state index >= 15 is 0 Å². The molecule has 0 fully saturated rings. The Labute approximate surface area is 184 Å². The minimum atomic E-state index is -0.477. The lowest BCUT2D eigenvalue weighted by molar-refractivity contribution is 0.0948. The zero-order valence-corrected chi connectivity index (χ0v) is 17.7. The van der Waals surface area contributed by atoms with Crippen LogP contribution in [0, 0.1) is 0 Å². The first kappa shape index (κ1) is 20.9. The molecule has 2 aromatic carbocycles. The van der Waals surface area contributed by atoms with Crippen LogP contribution in [0.5, 0.6) is 0 Å². The lowest BCUT2D eigenvalue weighted by atomic mass is 10.0. The molecule has 0 spiro atoms. The summed E-state index contributed by atoms with van der Waals surface area (Å²) in [6.45, 7) is 3.80. The maximum absolute atomic E-state index is 12.8. The zero-order valence-electron chi connectivity index (χ0n) is 17.7. The van der Waals surface area contributed by atoms with E-state index in [1.807, 2.05) is 56.3 Å². The topological polar surface area (TPSA) is 137 Å². The van der Waals surface area contributed by atoms with Gasteiger partial charge in [0.1, 0.15) is 0 Å². The Morgan fingerprint density at radius 2 is 1.81 bits per heavy atom. The van der Waals surface area contributed by atoms with Crippen molar-refractivity contribution in [3.05, 3.63) is 71.5 Å². The Hall–Kier alpha value is -4.34. The number of nitrogens with two attached hydrogens (primary N) is 1. The van der Waals surface area contributed by atoms with E-state index in [2.05, 4.69) is 47.9 Å². The van der Waals surface area contributed by atoms with E-state index in [9.17, 15) is 4.79 Å². The fourth-order valence-corrected chi connectivity index (χ4v) is 3.23. The van der Waals surface area contributed by atoms with Crippen LogP contribution in [-0.2, 0) is 6.42 Å². The van der Waals surface area contributed by atoms with Gasteiger partial charge in [0.25, 0.3) is 5.91 Å². The molecular formula is C22H22N8O2. The van der Waals surface area contributed by atoms with Gasteiger partial charge in [-0.2, -0.15) is 9.78 Å². The van der Waals surface area contributed by atoms with Crippen LogP contribution in [0.3, 0.4) is 0 Å². The molecule has 0 bridgehead atoms. The summed E-state index contributed by atoms with van der Waals surface area (Å²) in [5.74, 6) is -0.222. The summed E-state index contributed by atoms with van der Waals surface area (Å²) in [6, 6.07) is 18.1. The third kappa shape index (κ3) is 4.24. The summed E-state index contributed by atoms with van der Waals surface area (Å²) in [7, 11) is 0. The highest BCUT2D eigenvalue weighted by molar-refractivity contribution is 6.01. The van der Waals surface area contributed by atoms with E-state index in [0.717, 1.165) is 23.1 Å². The van der Waals surface area contributed by atoms with Crippen molar-refractivity contribution < 1.29 is 9.42 Å². The average molecular weight is 430 g/mol. The first-order valence-electron chi connectivity index (χ1n) is 10.1. The minimum Gasteiger partial charge on any atom is -0.378 e. The summed E-state index contributed by atoms with van der Waals surface area (Å²) in [4.78, 5) is 12.8. The molecule has 3 N–H and O–H groups in total. The van der Waals surface area contributed by atoms with Crippen molar-refractivity contribution in [1.29, 1.82) is 0 Å². The molecular weight excluding hydrogens is 408 g/mol. The second-order valence-corrected chi connectivity index (χ2v) is 7.10. The van der Waals surface area contributed by atoms with Crippen molar-refractivity contribution in [1.82, 2.24) is 30.7 Å².